The lowest BCUT2D eigenvalue weighted by Gasteiger charge is -2.03. The number of hydrogen-bond donors (Lipinski definition) is 1. The Kier molecular flexibility index (Phi) is 2.38. The average Bonchev–Trinajstić information content (AvgIpc) is 2.95. The summed E-state index contributed by atoms with van der Waals surface area (Å²) in [6.45, 7) is 3.66. The predicted octanol–water partition coefficient (Wildman–Crippen LogP) is 2.30. The van der Waals surface area contributed by atoms with Crippen molar-refractivity contribution in [1.29, 1.82) is 0 Å². The van der Waals surface area contributed by atoms with Crippen molar-refractivity contribution in [2.24, 2.45) is 0 Å². The summed E-state index contributed by atoms with van der Waals surface area (Å²) in [6.07, 6.45) is 1.59. The van der Waals surface area contributed by atoms with E-state index in [2.05, 4.69) is 10.1 Å². The first kappa shape index (κ1) is 11.5. The van der Waals surface area contributed by atoms with E-state index >= 15 is 0 Å². The SMILES string of the molecule is Cc1ccc(-c2cc(C(=O)O)n3ncc(C)c3n2)o1. The molecule has 3 heterocycles. The number of fused-ring (bicyclic) bond motifs is 1. The Labute approximate surface area is 108 Å². The highest BCUT2D eigenvalue weighted by atomic mass is 16.4. The molecule has 0 aromatic carbocycles. The Morgan fingerprint density at radius 2 is 2.16 bits per heavy atom. The van der Waals surface area contributed by atoms with Crippen LogP contribution in [-0.4, -0.2) is 25.7 Å². The Morgan fingerprint density at radius 1 is 1.37 bits per heavy atom. The van der Waals surface area contributed by atoms with Gasteiger partial charge in [0.2, 0.25) is 0 Å². The highest BCUT2D eigenvalue weighted by molar-refractivity contribution is 5.88. The summed E-state index contributed by atoms with van der Waals surface area (Å²) in [6, 6.07) is 5.04. The summed E-state index contributed by atoms with van der Waals surface area (Å²) in [5.41, 5.74) is 1.88. The summed E-state index contributed by atoms with van der Waals surface area (Å²) in [4.78, 5) is 15.7. The van der Waals surface area contributed by atoms with E-state index in [9.17, 15) is 9.90 Å². The fourth-order valence-electron chi connectivity index (χ4n) is 1.92. The van der Waals surface area contributed by atoms with Crippen LogP contribution in [0.1, 0.15) is 21.8 Å². The van der Waals surface area contributed by atoms with E-state index in [-0.39, 0.29) is 5.69 Å². The lowest BCUT2D eigenvalue weighted by atomic mass is 10.2. The van der Waals surface area contributed by atoms with Gasteiger partial charge in [-0.2, -0.15) is 5.10 Å². The lowest BCUT2D eigenvalue weighted by molar-refractivity contribution is 0.0687. The fraction of sp³-hybridized carbons (Fsp3) is 0.154. The molecule has 0 bridgehead atoms. The summed E-state index contributed by atoms with van der Waals surface area (Å²) in [7, 11) is 0. The lowest BCUT2D eigenvalue weighted by Crippen LogP contribution is -2.08. The van der Waals surface area contributed by atoms with Gasteiger partial charge in [-0.25, -0.2) is 14.3 Å². The van der Waals surface area contributed by atoms with E-state index in [0.29, 0.717) is 17.1 Å². The van der Waals surface area contributed by atoms with Gasteiger partial charge in [-0.3, -0.25) is 0 Å². The molecule has 0 spiro atoms. The minimum Gasteiger partial charge on any atom is -0.477 e. The molecule has 0 amide bonds. The number of aromatic carboxylic acids is 1. The molecular formula is C13H11N3O3. The number of hydrogen-bond acceptors (Lipinski definition) is 4. The maximum atomic E-state index is 11.3. The number of furan rings is 1. The Bertz CT molecular complexity index is 786. The predicted molar refractivity (Wildman–Crippen MR) is 67.1 cm³/mol. The van der Waals surface area contributed by atoms with Gasteiger partial charge in [0.05, 0.1) is 6.20 Å². The zero-order valence-corrected chi connectivity index (χ0v) is 10.4. The van der Waals surface area contributed by atoms with E-state index in [4.69, 9.17) is 4.42 Å². The van der Waals surface area contributed by atoms with Crippen molar-refractivity contribution >= 4 is 11.6 Å². The first-order chi connectivity index (χ1) is 9.06. The summed E-state index contributed by atoms with van der Waals surface area (Å²) >= 11 is 0. The molecule has 0 aliphatic heterocycles. The normalized spacial score (nSPS) is 11.1. The molecule has 0 atom stereocenters. The van der Waals surface area contributed by atoms with E-state index in [0.717, 1.165) is 11.3 Å². The number of nitrogens with zero attached hydrogens (tertiary/aromatic N) is 3. The zero-order chi connectivity index (χ0) is 13.6. The molecule has 0 aliphatic carbocycles. The minimum absolute atomic E-state index is 0.0575. The molecule has 19 heavy (non-hydrogen) atoms. The van der Waals surface area contributed by atoms with Crippen LogP contribution in [-0.2, 0) is 0 Å². The molecule has 1 N–H and O–H groups in total. The largest absolute Gasteiger partial charge is 0.477 e. The van der Waals surface area contributed by atoms with E-state index in [1.807, 2.05) is 19.9 Å². The number of aromatic nitrogens is 3. The van der Waals surface area contributed by atoms with Crippen LogP contribution in [0.3, 0.4) is 0 Å². The van der Waals surface area contributed by atoms with E-state index < -0.39 is 5.97 Å². The third kappa shape index (κ3) is 1.77. The summed E-state index contributed by atoms with van der Waals surface area (Å²) < 4.78 is 6.80. The van der Waals surface area contributed by atoms with Gasteiger partial charge in [-0.05, 0) is 26.0 Å². The number of carbonyl (C=O) groups is 1. The van der Waals surface area contributed by atoms with Gasteiger partial charge in [0.1, 0.15) is 11.5 Å². The monoisotopic (exact) mass is 257 g/mol. The molecule has 6 heteroatoms. The van der Waals surface area contributed by atoms with Gasteiger partial charge in [-0.1, -0.05) is 0 Å². The molecular weight excluding hydrogens is 246 g/mol. The first-order valence-corrected chi connectivity index (χ1v) is 5.72. The van der Waals surface area contributed by atoms with Crippen LogP contribution in [0, 0.1) is 13.8 Å². The summed E-state index contributed by atoms with van der Waals surface area (Å²) in [5.74, 6) is 0.238. The van der Waals surface area contributed by atoms with Crippen molar-refractivity contribution in [1.82, 2.24) is 14.6 Å². The standard InChI is InChI=1S/C13H11N3O3/c1-7-6-14-16-10(13(17)18)5-9(15-12(7)16)11-4-3-8(2)19-11/h3-6H,1-2H3,(H,17,18). The molecule has 0 radical (unpaired) electrons. The Morgan fingerprint density at radius 3 is 2.79 bits per heavy atom. The molecule has 3 aromatic heterocycles. The van der Waals surface area contributed by atoms with Crippen molar-refractivity contribution in [2.45, 2.75) is 13.8 Å². The van der Waals surface area contributed by atoms with E-state index in [1.165, 1.54) is 10.6 Å². The second kappa shape index (κ2) is 3.94. The van der Waals surface area contributed by atoms with Crippen molar-refractivity contribution in [3.05, 3.63) is 41.4 Å². The van der Waals surface area contributed by atoms with E-state index in [1.54, 1.807) is 12.3 Å². The molecule has 3 aromatic rings. The average molecular weight is 257 g/mol. The number of carboxylic acid groups (broad SMARTS) is 1. The molecule has 96 valence electrons. The van der Waals surface area contributed by atoms with Crippen LogP contribution in [0.25, 0.3) is 17.1 Å². The van der Waals surface area contributed by atoms with Gasteiger partial charge < -0.3 is 9.52 Å². The molecule has 0 aliphatic rings. The van der Waals surface area contributed by atoms with Crippen LogP contribution >= 0.6 is 0 Å². The smallest absolute Gasteiger partial charge is 0.354 e. The third-order valence-electron chi connectivity index (χ3n) is 2.86. The maximum Gasteiger partial charge on any atom is 0.354 e. The molecule has 6 nitrogen and oxygen atoms in total. The topological polar surface area (TPSA) is 80.6 Å². The van der Waals surface area contributed by atoms with Gasteiger partial charge in [0.25, 0.3) is 0 Å². The van der Waals surface area contributed by atoms with Gasteiger partial charge in [0, 0.05) is 11.6 Å². The maximum absolute atomic E-state index is 11.3. The second-order valence-electron chi connectivity index (χ2n) is 4.31. The first-order valence-electron chi connectivity index (χ1n) is 5.72. The minimum atomic E-state index is -1.06. The molecule has 3 rings (SSSR count). The molecule has 0 unspecified atom stereocenters. The summed E-state index contributed by atoms with van der Waals surface area (Å²) in [5, 5.41) is 13.3. The van der Waals surface area contributed by atoms with Crippen LogP contribution in [0.2, 0.25) is 0 Å². The number of rotatable bonds is 2. The fourth-order valence-corrected chi connectivity index (χ4v) is 1.92. The molecule has 0 saturated carbocycles. The van der Waals surface area contributed by atoms with Crippen molar-refractivity contribution in [2.75, 3.05) is 0 Å². The van der Waals surface area contributed by atoms with Crippen molar-refractivity contribution in [3.63, 3.8) is 0 Å². The van der Waals surface area contributed by atoms with Gasteiger partial charge in [-0.15, -0.1) is 0 Å². The van der Waals surface area contributed by atoms with Gasteiger partial charge >= 0.3 is 5.97 Å². The van der Waals surface area contributed by atoms with Crippen molar-refractivity contribution in [3.8, 4) is 11.5 Å². The Balaban J connectivity index is 2.32. The van der Waals surface area contributed by atoms with Crippen LogP contribution < -0.4 is 0 Å². The quantitative estimate of drug-likeness (QED) is 0.761. The zero-order valence-electron chi connectivity index (χ0n) is 10.4. The van der Waals surface area contributed by atoms with Gasteiger partial charge in [0.15, 0.2) is 17.1 Å². The van der Waals surface area contributed by atoms with Crippen molar-refractivity contribution < 1.29 is 14.3 Å². The number of carboxylic acids is 1. The molecule has 0 saturated heterocycles. The molecule has 0 fully saturated rings. The van der Waals surface area contributed by atoms with Crippen LogP contribution in [0.15, 0.2) is 28.8 Å². The highest BCUT2D eigenvalue weighted by Crippen LogP contribution is 2.23. The second-order valence-corrected chi connectivity index (χ2v) is 4.31. The number of aryl methyl sites for hydroxylation is 2. The highest BCUT2D eigenvalue weighted by Gasteiger charge is 2.16. The van der Waals surface area contributed by atoms with Crippen LogP contribution in [0.4, 0.5) is 0 Å². The third-order valence-corrected chi connectivity index (χ3v) is 2.86. The Hall–Kier alpha value is -2.63. The van der Waals surface area contributed by atoms with Crippen LogP contribution in [0.5, 0.6) is 0 Å².